The lowest BCUT2D eigenvalue weighted by molar-refractivity contribution is -0.140. The number of rotatable bonds is 8. The van der Waals surface area contributed by atoms with E-state index in [9.17, 15) is 14.9 Å². The van der Waals surface area contributed by atoms with Gasteiger partial charge in [0.05, 0.1) is 18.5 Å². The molecule has 2 aromatic carbocycles. The van der Waals surface area contributed by atoms with E-state index < -0.39 is 11.8 Å². The molecule has 0 fully saturated rings. The van der Waals surface area contributed by atoms with E-state index in [4.69, 9.17) is 14.6 Å². The summed E-state index contributed by atoms with van der Waals surface area (Å²) in [4.78, 5) is 27.5. The number of benzene rings is 2. The van der Waals surface area contributed by atoms with Crippen LogP contribution in [0, 0.1) is 18.3 Å². The summed E-state index contributed by atoms with van der Waals surface area (Å²) in [6.07, 6.45) is 4.03. The largest absolute Gasteiger partial charge is 0.496 e. The molecular formula is C29H28N4O4. The molecule has 0 unspecified atom stereocenters. The third-order valence-corrected chi connectivity index (χ3v) is 6.29. The second-order valence-corrected chi connectivity index (χ2v) is 8.68. The Kier molecular flexibility index (Phi) is 7.66. The van der Waals surface area contributed by atoms with Crippen LogP contribution in [0.2, 0.25) is 0 Å². The van der Waals surface area contributed by atoms with E-state index in [1.165, 1.54) is 0 Å². The van der Waals surface area contributed by atoms with Crippen molar-refractivity contribution in [1.82, 2.24) is 14.7 Å². The molecule has 2 amide bonds. The summed E-state index contributed by atoms with van der Waals surface area (Å²) >= 11 is 0. The van der Waals surface area contributed by atoms with Crippen LogP contribution in [0.15, 0.2) is 71.4 Å². The molecule has 0 atom stereocenters. The van der Waals surface area contributed by atoms with Crippen molar-refractivity contribution in [1.29, 1.82) is 5.26 Å². The number of aryl methyl sites for hydroxylation is 1. The van der Waals surface area contributed by atoms with Gasteiger partial charge in [-0.15, -0.1) is 0 Å². The number of methoxy groups -OCH3 is 2. The summed E-state index contributed by atoms with van der Waals surface area (Å²) < 4.78 is 12.2. The van der Waals surface area contributed by atoms with E-state index >= 15 is 0 Å². The number of nitriles is 1. The van der Waals surface area contributed by atoms with Gasteiger partial charge in [-0.2, -0.15) is 10.4 Å². The van der Waals surface area contributed by atoms with Gasteiger partial charge in [-0.1, -0.05) is 18.2 Å². The van der Waals surface area contributed by atoms with Crippen molar-refractivity contribution in [3.8, 4) is 28.8 Å². The van der Waals surface area contributed by atoms with Crippen molar-refractivity contribution >= 4 is 17.9 Å². The fourth-order valence-electron chi connectivity index (χ4n) is 4.31. The van der Waals surface area contributed by atoms with Crippen LogP contribution in [0.3, 0.4) is 0 Å². The zero-order valence-electron chi connectivity index (χ0n) is 21.3. The maximum atomic E-state index is 13.5. The van der Waals surface area contributed by atoms with Gasteiger partial charge in [0.2, 0.25) is 0 Å². The van der Waals surface area contributed by atoms with Crippen LogP contribution in [0.25, 0.3) is 23.0 Å². The van der Waals surface area contributed by atoms with Gasteiger partial charge in [0.25, 0.3) is 11.8 Å². The van der Waals surface area contributed by atoms with E-state index in [0.29, 0.717) is 29.9 Å². The van der Waals surface area contributed by atoms with Gasteiger partial charge in [0, 0.05) is 43.2 Å². The first kappa shape index (κ1) is 25.6. The molecule has 1 aliphatic heterocycles. The minimum atomic E-state index is -0.579. The number of hydrogen-bond donors (Lipinski definition) is 0. The van der Waals surface area contributed by atoms with Crippen LogP contribution in [0.4, 0.5) is 0 Å². The zero-order chi connectivity index (χ0) is 26.5. The Morgan fingerprint density at radius 3 is 2.46 bits per heavy atom. The number of aromatic nitrogens is 2. The number of carbonyl (C=O) groups is 2. The SMILES string of the molecule is COCCCN1C(=O)C(C#N)=C(C)/C(=C\c2cn(-c3ccccc3)nc2-c2ccc(OC)c(C)c2)C1=O. The third-order valence-electron chi connectivity index (χ3n) is 6.29. The van der Waals surface area contributed by atoms with Crippen LogP contribution in [0.5, 0.6) is 5.75 Å². The summed E-state index contributed by atoms with van der Waals surface area (Å²) in [7, 11) is 3.18. The Labute approximate surface area is 216 Å². The number of amides is 2. The van der Waals surface area contributed by atoms with Crippen LogP contribution < -0.4 is 4.74 Å². The molecule has 4 rings (SSSR count). The predicted octanol–water partition coefficient (Wildman–Crippen LogP) is 4.49. The monoisotopic (exact) mass is 496 g/mol. The molecule has 8 heteroatoms. The van der Waals surface area contributed by atoms with Crippen molar-refractivity contribution in [3.63, 3.8) is 0 Å². The van der Waals surface area contributed by atoms with Crippen molar-refractivity contribution in [2.45, 2.75) is 20.3 Å². The molecule has 2 heterocycles. The van der Waals surface area contributed by atoms with Gasteiger partial charge < -0.3 is 9.47 Å². The first-order chi connectivity index (χ1) is 17.9. The Morgan fingerprint density at radius 1 is 1.05 bits per heavy atom. The summed E-state index contributed by atoms with van der Waals surface area (Å²) in [6.45, 7) is 4.14. The smallest absolute Gasteiger partial charge is 0.271 e. The molecule has 0 radical (unpaired) electrons. The zero-order valence-corrected chi connectivity index (χ0v) is 21.3. The number of carbonyl (C=O) groups excluding carboxylic acids is 2. The molecule has 188 valence electrons. The molecular weight excluding hydrogens is 468 g/mol. The molecule has 0 saturated heterocycles. The van der Waals surface area contributed by atoms with Gasteiger partial charge in [-0.25, -0.2) is 4.68 Å². The summed E-state index contributed by atoms with van der Waals surface area (Å²) in [5, 5.41) is 14.5. The number of imide groups is 1. The molecule has 0 aliphatic carbocycles. The molecule has 1 aliphatic rings. The minimum Gasteiger partial charge on any atom is -0.496 e. The molecule has 37 heavy (non-hydrogen) atoms. The van der Waals surface area contributed by atoms with Gasteiger partial charge >= 0.3 is 0 Å². The first-order valence-electron chi connectivity index (χ1n) is 11.9. The number of hydrogen-bond acceptors (Lipinski definition) is 6. The lowest BCUT2D eigenvalue weighted by Crippen LogP contribution is -2.43. The van der Waals surface area contributed by atoms with E-state index in [1.807, 2.05) is 67.7 Å². The van der Waals surface area contributed by atoms with Crippen molar-refractivity contribution in [2.24, 2.45) is 0 Å². The van der Waals surface area contributed by atoms with Gasteiger partial charge in [-0.3, -0.25) is 14.5 Å². The lowest BCUT2D eigenvalue weighted by atomic mass is 9.93. The van der Waals surface area contributed by atoms with Crippen LogP contribution >= 0.6 is 0 Å². The number of ether oxygens (including phenoxy) is 2. The number of nitrogens with zero attached hydrogens (tertiary/aromatic N) is 4. The standard InChI is InChI=1S/C29H28N4O4/c1-19-15-21(11-12-26(19)37-4)27-22(18-33(31-27)23-9-6-5-7-10-23)16-24-20(2)25(17-30)29(35)32(28(24)34)13-8-14-36-3/h5-7,9-12,15-16,18H,8,13-14H2,1-4H3/b24-16+. The molecule has 0 bridgehead atoms. The first-order valence-corrected chi connectivity index (χ1v) is 11.9. The second kappa shape index (κ2) is 11.1. The Morgan fingerprint density at radius 2 is 1.81 bits per heavy atom. The topological polar surface area (TPSA) is 97.5 Å². The Bertz CT molecular complexity index is 1440. The fraction of sp³-hybridized carbons (Fsp3) is 0.241. The average molecular weight is 497 g/mol. The normalized spacial score (nSPS) is 14.9. The van der Waals surface area contributed by atoms with Crippen molar-refractivity contribution < 1.29 is 19.1 Å². The van der Waals surface area contributed by atoms with Gasteiger partial charge in [0.1, 0.15) is 17.4 Å². The van der Waals surface area contributed by atoms with Crippen molar-refractivity contribution in [3.05, 3.63) is 82.6 Å². The van der Waals surface area contributed by atoms with E-state index in [0.717, 1.165) is 27.5 Å². The predicted molar refractivity (Wildman–Crippen MR) is 140 cm³/mol. The summed E-state index contributed by atoms with van der Waals surface area (Å²) in [5.41, 5.74) is 4.58. The average Bonchev–Trinajstić information content (AvgIpc) is 3.33. The molecule has 0 spiro atoms. The molecule has 8 nitrogen and oxygen atoms in total. The highest BCUT2D eigenvalue weighted by atomic mass is 16.5. The molecule has 1 aromatic heterocycles. The summed E-state index contributed by atoms with van der Waals surface area (Å²) in [6, 6.07) is 17.4. The maximum Gasteiger partial charge on any atom is 0.271 e. The van der Waals surface area contributed by atoms with Crippen molar-refractivity contribution in [2.75, 3.05) is 27.4 Å². The quantitative estimate of drug-likeness (QED) is 0.259. The van der Waals surface area contributed by atoms with Crippen LogP contribution in [0.1, 0.15) is 24.5 Å². The van der Waals surface area contributed by atoms with Crippen LogP contribution in [-0.4, -0.2) is 53.9 Å². The summed E-state index contributed by atoms with van der Waals surface area (Å²) in [5.74, 6) is -0.262. The second-order valence-electron chi connectivity index (χ2n) is 8.68. The van der Waals surface area contributed by atoms with E-state index in [2.05, 4.69) is 0 Å². The lowest BCUT2D eigenvalue weighted by Gasteiger charge is -2.27. The molecule has 3 aromatic rings. The maximum absolute atomic E-state index is 13.5. The number of para-hydroxylation sites is 1. The highest BCUT2D eigenvalue weighted by molar-refractivity contribution is 6.19. The van der Waals surface area contributed by atoms with E-state index in [1.54, 1.807) is 31.9 Å². The third kappa shape index (κ3) is 5.08. The Hall–Kier alpha value is -4.48. The Balaban J connectivity index is 1.88. The van der Waals surface area contributed by atoms with Crippen LogP contribution in [-0.2, 0) is 14.3 Å². The molecule has 0 N–H and O–H groups in total. The van der Waals surface area contributed by atoms with E-state index in [-0.39, 0.29) is 17.7 Å². The van der Waals surface area contributed by atoms with Gasteiger partial charge in [0.15, 0.2) is 0 Å². The fourth-order valence-corrected chi connectivity index (χ4v) is 4.31. The van der Waals surface area contributed by atoms with Gasteiger partial charge in [-0.05, 0) is 67.8 Å². The minimum absolute atomic E-state index is 0.0411. The molecule has 0 saturated carbocycles. The highest BCUT2D eigenvalue weighted by Crippen LogP contribution is 2.32. The highest BCUT2D eigenvalue weighted by Gasteiger charge is 2.35.